The number of carboxylic acid groups (broad SMARTS) is 1. The smallest absolute Gasteiger partial charge is 0.341 e. The highest BCUT2D eigenvalue weighted by molar-refractivity contribution is 7.24. The first-order valence-electron chi connectivity index (χ1n) is 6.37. The van der Waals surface area contributed by atoms with Crippen LogP contribution in [0.4, 0.5) is 0 Å². The second-order valence-corrected chi connectivity index (χ2v) is 5.78. The van der Waals surface area contributed by atoms with Crippen molar-refractivity contribution >= 4 is 37.5 Å². The van der Waals surface area contributed by atoms with Gasteiger partial charge in [-0.2, -0.15) is 0 Å². The minimum absolute atomic E-state index is 0.122. The maximum absolute atomic E-state index is 12.7. The molecule has 3 aromatic rings. The van der Waals surface area contributed by atoms with E-state index in [1.54, 1.807) is 13.0 Å². The van der Waals surface area contributed by atoms with E-state index in [9.17, 15) is 9.59 Å². The van der Waals surface area contributed by atoms with Crippen molar-refractivity contribution in [1.82, 2.24) is 0 Å². The van der Waals surface area contributed by atoms with Crippen molar-refractivity contribution in [2.75, 3.05) is 6.61 Å². The molecule has 1 N–H and O–H groups in total. The molecule has 4 nitrogen and oxygen atoms in total. The molecule has 0 saturated heterocycles. The van der Waals surface area contributed by atoms with Crippen molar-refractivity contribution in [2.24, 2.45) is 0 Å². The summed E-state index contributed by atoms with van der Waals surface area (Å²) in [7, 11) is 0. The zero-order valence-electron chi connectivity index (χ0n) is 11.3. The van der Waals surface area contributed by atoms with E-state index in [2.05, 4.69) is 0 Å². The summed E-state index contributed by atoms with van der Waals surface area (Å²) < 4.78 is 7.05. The number of aryl methyl sites for hydroxylation is 1. The number of ether oxygens (including phenoxy) is 1. The monoisotopic (exact) mass is 300 g/mol. The van der Waals surface area contributed by atoms with Gasteiger partial charge in [-0.25, -0.2) is 4.79 Å². The van der Waals surface area contributed by atoms with Crippen LogP contribution < -0.4 is 10.2 Å². The molecule has 0 saturated carbocycles. The number of aliphatic carboxylic acids is 1. The molecule has 2 aromatic carbocycles. The van der Waals surface area contributed by atoms with Crippen molar-refractivity contribution in [1.29, 1.82) is 0 Å². The van der Waals surface area contributed by atoms with Gasteiger partial charge in [-0.15, -0.1) is 11.3 Å². The van der Waals surface area contributed by atoms with Gasteiger partial charge >= 0.3 is 5.97 Å². The Morgan fingerprint density at radius 3 is 2.71 bits per heavy atom. The third-order valence-corrected chi connectivity index (χ3v) is 4.37. The Bertz CT molecular complexity index is 911. The number of hydrogen-bond acceptors (Lipinski definition) is 4. The molecular weight excluding hydrogens is 288 g/mol. The molecule has 0 amide bonds. The fourth-order valence-electron chi connectivity index (χ4n) is 2.29. The van der Waals surface area contributed by atoms with Crippen molar-refractivity contribution in [3.05, 3.63) is 52.2 Å². The number of benzene rings is 2. The maximum Gasteiger partial charge on any atom is 0.341 e. The third-order valence-electron chi connectivity index (χ3n) is 3.23. The van der Waals surface area contributed by atoms with Gasteiger partial charge in [-0.1, -0.05) is 18.2 Å². The Labute approximate surface area is 124 Å². The zero-order chi connectivity index (χ0) is 15.0. The highest BCUT2D eigenvalue weighted by Gasteiger charge is 2.14. The minimum atomic E-state index is -1.07. The molecule has 5 heteroatoms. The molecule has 0 spiro atoms. The Morgan fingerprint density at radius 1 is 1.19 bits per heavy atom. The number of hydrogen-bond donors (Lipinski definition) is 1. The van der Waals surface area contributed by atoms with Crippen LogP contribution in [0.2, 0.25) is 0 Å². The topological polar surface area (TPSA) is 63.6 Å². The fraction of sp³-hybridized carbons (Fsp3) is 0.125. The SMILES string of the molecule is Cc1ccc2sc3ccccc3c(=O)c2c1OCC(=O)O. The summed E-state index contributed by atoms with van der Waals surface area (Å²) in [4.78, 5) is 23.4. The van der Waals surface area contributed by atoms with E-state index < -0.39 is 12.6 Å². The molecule has 21 heavy (non-hydrogen) atoms. The molecule has 0 bridgehead atoms. The molecule has 0 aliphatic carbocycles. The normalized spacial score (nSPS) is 10.9. The Kier molecular flexibility index (Phi) is 3.35. The fourth-order valence-corrected chi connectivity index (χ4v) is 3.36. The molecule has 0 radical (unpaired) electrons. The van der Waals surface area contributed by atoms with E-state index in [0.717, 1.165) is 15.0 Å². The van der Waals surface area contributed by atoms with Gasteiger partial charge in [-0.05, 0) is 30.7 Å². The van der Waals surface area contributed by atoms with Crippen LogP contribution >= 0.6 is 11.3 Å². The molecule has 1 heterocycles. The van der Waals surface area contributed by atoms with E-state index >= 15 is 0 Å². The predicted molar refractivity (Wildman–Crippen MR) is 83.5 cm³/mol. The van der Waals surface area contributed by atoms with Crippen molar-refractivity contribution < 1.29 is 14.6 Å². The van der Waals surface area contributed by atoms with Crippen LogP contribution in [0.5, 0.6) is 5.75 Å². The standard InChI is InChI=1S/C16H12O4S/c1-9-6-7-12-14(16(9)20-8-13(17)18)15(19)10-4-2-3-5-11(10)21-12/h2-7H,8H2,1H3,(H,17,18). The minimum Gasteiger partial charge on any atom is -0.481 e. The number of fused-ring (bicyclic) bond motifs is 2. The van der Waals surface area contributed by atoms with Gasteiger partial charge in [0.25, 0.3) is 0 Å². The number of carboxylic acids is 1. The summed E-state index contributed by atoms with van der Waals surface area (Å²) >= 11 is 1.50. The zero-order valence-corrected chi connectivity index (χ0v) is 12.1. The van der Waals surface area contributed by atoms with Crippen LogP contribution in [0, 0.1) is 6.92 Å². The van der Waals surface area contributed by atoms with Crippen LogP contribution in [0.25, 0.3) is 20.2 Å². The lowest BCUT2D eigenvalue weighted by atomic mass is 10.1. The van der Waals surface area contributed by atoms with E-state index in [1.807, 2.05) is 30.3 Å². The Balaban J connectivity index is 2.35. The van der Waals surface area contributed by atoms with Crippen LogP contribution in [0.3, 0.4) is 0 Å². The van der Waals surface area contributed by atoms with Crippen LogP contribution in [0.15, 0.2) is 41.2 Å². The summed E-state index contributed by atoms with van der Waals surface area (Å²) in [6.07, 6.45) is 0. The summed E-state index contributed by atoms with van der Waals surface area (Å²) in [5, 5.41) is 9.86. The van der Waals surface area contributed by atoms with Crippen LogP contribution in [-0.2, 0) is 4.79 Å². The number of carbonyl (C=O) groups is 1. The van der Waals surface area contributed by atoms with Gasteiger partial charge in [-0.3, -0.25) is 4.79 Å². The molecule has 0 fully saturated rings. The molecular formula is C16H12O4S. The van der Waals surface area contributed by atoms with E-state index in [4.69, 9.17) is 9.84 Å². The van der Waals surface area contributed by atoms with Gasteiger partial charge in [0.15, 0.2) is 12.0 Å². The third kappa shape index (κ3) is 2.36. The van der Waals surface area contributed by atoms with Crippen LogP contribution in [0.1, 0.15) is 5.56 Å². The summed E-state index contributed by atoms with van der Waals surface area (Å²) in [6, 6.07) is 11.1. The molecule has 0 aliphatic heterocycles. The van der Waals surface area contributed by atoms with Gasteiger partial charge in [0.05, 0.1) is 5.39 Å². The quantitative estimate of drug-likeness (QED) is 0.755. The van der Waals surface area contributed by atoms with Crippen LogP contribution in [-0.4, -0.2) is 17.7 Å². The number of rotatable bonds is 3. The van der Waals surface area contributed by atoms with Crippen molar-refractivity contribution in [2.45, 2.75) is 6.92 Å². The average Bonchev–Trinajstić information content (AvgIpc) is 2.47. The summed E-state index contributed by atoms with van der Waals surface area (Å²) in [5.41, 5.74) is 0.631. The van der Waals surface area contributed by atoms with E-state index in [1.165, 1.54) is 11.3 Å². The first kappa shape index (κ1) is 13.6. The van der Waals surface area contributed by atoms with Gasteiger partial charge in [0.1, 0.15) is 5.75 Å². The van der Waals surface area contributed by atoms with Crippen molar-refractivity contribution in [3.63, 3.8) is 0 Å². The lowest BCUT2D eigenvalue weighted by Gasteiger charge is -2.10. The van der Waals surface area contributed by atoms with E-state index in [-0.39, 0.29) is 5.43 Å². The molecule has 3 rings (SSSR count). The average molecular weight is 300 g/mol. The molecule has 0 atom stereocenters. The summed E-state index contributed by atoms with van der Waals surface area (Å²) in [6.45, 7) is 1.34. The van der Waals surface area contributed by atoms with Gasteiger partial charge in [0, 0.05) is 14.8 Å². The lowest BCUT2D eigenvalue weighted by Crippen LogP contribution is -2.12. The highest BCUT2D eigenvalue weighted by atomic mass is 32.1. The molecule has 106 valence electrons. The Hall–Kier alpha value is -2.40. The molecule has 0 aliphatic rings. The predicted octanol–water partition coefficient (Wildman–Crippen LogP) is 3.19. The molecule has 0 unspecified atom stereocenters. The Morgan fingerprint density at radius 2 is 1.95 bits per heavy atom. The highest BCUT2D eigenvalue weighted by Crippen LogP contribution is 2.32. The molecule has 1 aromatic heterocycles. The second kappa shape index (κ2) is 5.18. The second-order valence-electron chi connectivity index (χ2n) is 4.69. The van der Waals surface area contributed by atoms with E-state index in [0.29, 0.717) is 16.5 Å². The first-order chi connectivity index (χ1) is 10.1. The first-order valence-corrected chi connectivity index (χ1v) is 7.19. The largest absolute Gasteiger partial charge is 0.481 e. The van der Waals surface area contributed by atoms with Gasteiger partial charge < -0.3 is 9.84 Å². The maximum atomic E-state index is 12.7. The van der Waals surface area contributed by atoms with Crippen molar-refractivity contribution in [3.8, 4) is 5.75 Å². The lowest BCUT2D eigenvalue weighted by molar-refractivity contribution is -0.139. The summed E-state index contributed by atoms with van der Waals surface area (Å²) in [5.74, 6) is -0.704. The van der Waals surface area contributed by atoms with Gasteiger partial charge in [0.2, 0.25) is 0 Å².